The maximum Gasteiger partial charge on any atom is -0.0163 e. The Labute approximate surface area is 87.7 Å². The molecular formula is C14H19. The summed E-state index contributed by atoms with van der Waals surface area (Å²) in [7, 11) is 0. The van der Waals surface area contributed by atoms with Crippen molar-refractivity contribution in [3.05, 3.63) is 48.6 Å². The van der Waals surface area contributed by atoms with Gasteiger partial charge >= 0.3 is 0 Å². The molecule has 75 valence electrons. The zero-order valence-corrected chi connectivity index (χ0v) is 8.78. The summed E-state index contributed by atoms with van der Waals surface area (Å²) >= 11 is 0. The maximum atomic E-state index is 3.31. The van der Waals surface area contributed by atoms with Crippen LogP contribution in [0.1, 0.15) is 38.5 Å². The van der Waals surface area contributed by atoms with E-state index >= 15 is 0 Å². The van der Waals surface area contributed by atoms with Crippen molar-refractivity contribution >= 4 is 0 Å². The van der Waals surface area contributed by atoms with E-state index in [9.17, 15) is 0 Å². The van der Waals surface area contributed by atoms with Crippen molar-refractivity contribution in [2.45, 2.75) is 38.5 Å². The predicted octanol–water partition coefficient (Wildman–Crippen LogP) is 4.37. The number of rotatable bonds is 0. The van der Waals surface area contributed by atoms with Gasteiger partial charge in [0.2, 0.25) is 0 Å². The third kappa shape index (κ3) is 6.47. The van der Waals surface area contributed by atoms with E-state index in [-0.39, 0.29) is 0 Å². The molecule has 0 bridgehead atoms. The van der Waals surface area contributed by atoms with Crippen LogP contribution in [0.5, 0.6) is 0 Å². The molecule has 1 aliphatic rings. The van der Waals surface area contributed by atoms with E-state index in [0.29, 0.717) is 0 Å². The van der Waals surface area contributed by atoms with Gasteiger partial charge in [-0.3, -0.25) is 0 Å². The largest absolute Gasteiger partial charge is 0.0879 e. The van der Waals surface area contributed by atoms with Crippen LogP contribution in [0.15, 0.2) is 42.5 Å². The summed E-state index contributed by atoms with van der Waals surface area (Å²) in [6.45, 7) is 0. The van der Waals surface area contributed by atoms with E-state index in [2.05, 4.69) is 48.6 Å². The molecule has 0 saturated carbocycles. The SMILES string of the molecule is [C]1=CCC=CCCC=CC=CCCC1. The number of allylic oxidation sites excluding steroid dienone is 8. The van der Waals surface area contributed by atoms with Crippen LogP contribution in [-0.4, -0.2) is 0 Å². The van der Waals surface area contributed by atoms with Crippen molar-refractivity contribution in [3.63, 3.8) is 0 Å². The Hall–Kier alpha value is -1.04. The predicted molar refractivity (Wildman–Crippen MR) is 62.9 cm³/mol. The summed E-state index contributed by atoms with van der Waals surface area (Å²) in [6, 6.07) is 0. The highest BCUT2D eigenvalue weighted by Crippen LogP contribution is 2.01. The summed E-state index contributed by atoms with van der Waals surface area (Å²) < 4.78 is 0. The fourth-order valence-electron chi connectivity index (χ4n) is 1.33. The van der Waals surface area contributed by atoms with Gasteiger partial charge in [-0.1, -0.05) is 42.5 Å². The van der Waals surface area contributed by atoms with Crippen molar-refractivity contribution in [2.75, 3.05) is 0 Å². The summed E-state index contributed by atoms with van der Waals surface area (Å²) in [5.41, 5.74) is 0. The van der Waals surface area contributed by atoms with Crippen molar-refractivity contribution in [3.8, 4) is 0 Å². The topological polar surface area (TPSA) is 0 Å². The Morgan fingerprint density at radius 1 is 0.786 bits per heavy atom. The number of hydrogen-bond donors (Lipinski definition) is 0. The number of hydrogen-bond acceptors (Lipinski definition) is 0. The monoisotopic (exact) mass is 187 g/mol. The lowest BCUT2D eigenvalue weighted by atomic mass is 10.2. The molecule has 0 N–H and O–H groups in total. The van der Waals surface area contributed by atoms with Gasteiger partial charge in [0.1, 0.15) is 0 Å². The first kappa shape index (κ1) is 11.0. The van der Waals surface area contributed by atoms with Crippen LogP contribution < -0.4 is 0 Å². The average molecular weight is 187 g/mol. The van der Waals surface area contributed by atoms with Crippen molar-refractivity contribution in [1.29, 1.82) is 0 Å². The Balaban J connectivity index is 2.34. The minimum absolute atomic E-state index is 1.04. The van der Waals surface area contributed by atoms with E-state index in [0.717, 1.165) is 25.7 Å². The van der Waals surface area contributed by atoms with E-state index in [1.54, 1.807) is 0 Å². The standard InChI is InChI=1S/C14H19/c1-2-4-6-8-10-12-14-13-11-9-7-5-3-1/h1-4,9,11,14H,5-8,10,13H2. The van der Waals surface area contributed by atoms with E-state index in [1.165, 1.54) is 12.8 Å². The molecule has 0 saturated heterocycles. The quantitative estimate of drug-likeness (QED) is 0.494. The smallest absolute Gasteiger partial charge is 0.0163 e. The highest BCUT2D eigenvalue weighted by Gasteiger charge is 1.81. The lowest BCUT2D eigenvalue weighted by Crippen LogP contribution is -1.71. The summed E-state index contributed by atoms with van der Waals surface area (Å²) in [4.78, 5) is 0. The summed E-state index contributed by atoms with van der Waals surface area (Å²) in [5, 5.41) is 0. The molecule has 0 atom stereocenters. The fourth-order valence-corrected chi connectivity index (χ4v) is 1.33. The molecule has 14 heavy (non-hydrogen) atoms. The molecule has 0 amide bonds. The van der Waals surface area contributed by atoms with E-state index in [4.69, 9.17) is 0 Å². The van der Waals surface area contributed by atoms with E-state index in [1.807, 2.05) is 0 Å². The molecular weight excluding hydrogens is 168 g/mol. The van der Waals surface area contributed by atoms with Crippen LogP contribution in [0.2, 0.25) is 0 Å². The first-order chi connectivity index (χ1) is 7.00. The van der Waals surface area contributed by atoms with Crippen LogP contribution in [0.4, 0.5) is 0 Å². The van der Waals surface area contributed by atoms with Crippen LogP contribution in [-0.2, 0) is 0 Å². The highest BCUT2D eigenvalue weighted by molar-refractivity contribution is 5.03. The zero-order chi connectivity index (χ0) is 9.90. The van der Waals surface area contributed by atoms with Gasteiger partial charge in [-0.25, -0.2) is 0 Å². The lowest BCUT2D eigenvalue weighted by molar-refractivity contribution is 0.851. The van der Waals surface area contributed by atoms with Crippen molar-refractivity contribution in [2.24, 2.45) is 0 Å². The average Bonchev–Trinajstić information content (AvgIpc) is 2.22. The molecule has 0 aromatic rings. The van der Waals surface area contributed by atoms with Crippen LogP contribution >= 0.6 is 0 Å². The van der Waals surface area contributed by atoms with Crippen LogP contribution in [0, 0.1) is 6.08 Å². The second-order valence-corrected chi connectivity index (χ2v) is 3.44. The highest BCUT2D eigenvalue weighted by atomic mass is 13.9. The Morgan fingerprint density at radius 3 is 2.50 bits per heavy atom. The van der Waals surface area contributed by atoms with Crippen LogP contribution in [0.3, 0.4) is 0 Å². The molecule has 0 nitrogen and oxygen atoms in total. The molecule has 0 spiro atoms. The molecule has 0 heteroatoms. The molecule has 0 aliphatic heterocycles. The normalized spacial score (nSPS) is 19.4. The third-order valence-electron chi connectivity index (χ3n) is 2.14. The van der Waals surface area contributed by atoms with Gasteiger partial charge in [0.05, 0.1) is 0 Å². The van der Waals surface area contributed by atoms with Gasteiger partial charge in [-0.15, -0.1) is 0 Å². The second-order valence-electron chi connectivity index (χ2n) is 3.44. The molecule has 1 rings (SSSR count). The Bertz CT molecular complexity index is 228. The van der Waals surface area contributed by atoms with Gasteiger partial charge in [0.25, 0.3) is 0 Å². The molecule has 0 unspecified atom stereocenters. The summed E-state index contributed by atoms with van der Waals surface area (Å²) in [5.74, 6) is 0. The fraction of sp³-hybridized carbons (Fsp3) is 0.429. The Morgan fingerprint density at radius 2 is 1.57 bits per heavy atom. The molecule has 1 aliphatic carbocycles. The minimum Gasteiger partial charge on any atom is -0.0879 e. The molecule has 0 heterocycles. The minimum atomic E-state index is 1.04. The maximum absolute atomic E-state index is 3.31. The van der Waals surface area contributed by atoms with Gasteiger partial charge in [0, 0.05) is 0 Å². The first-order valence-electron chi connectivity index (χ1n) is 5.52. The van der Waals surface area contributed by atoms with Gasteiger partial charge in [-0.05, 0) is 44.6 Å². The Kier molecular flexibility index (Phi) is 6.74. The lowest BCUT2D eigenvalue weighted by Gasteiger charge is -1.90. The van der Waals surface area contributed by atoms with E-state index < -0.39 is 0 Å². The van der Waals surface area contributed by atoms with Crippen molar-refractivity contribution < 1.29 is 0 Å². The zero-order valence-electron chi connectivity index (χ0n) is 8.78. The third-order valence-corrected chi connectivity index (χ3v) is 2.14. The van der Waals surface area contributed by atoms with Gasteiger partial charge in [-0.2, -0.15) is 0 Å². The molecule has 0 aromatic carbocycles. The summed E-state index contributed by atoms with van der Waals surface area (Å²) in [6.07, 6.45) is 25.5. The second kappa shape index (κ2) is 8.55. The first-order valence-corrected chi connectivity index (χ1v) is 5.52. The van der Waals surface area contributed by atoms with Gasteiger partial charge < -0.3 is 0 Å². The van der Waals surface area contributed by atoms with Gasteiger partial charge in [0.15, 0.2) is 0 Å². The van der Waals surface area contributed by atoms with Crippen LogP contribution in [0.25, 0.3) is 0 Å². The van der Waals surface area contributed by atoms with Crippen molar-refractivity contribution in [1.82, 2.24) is 0 Å². The molecule has 1 radical (unpaired) electrons. The molecule has 0 aromatic heterocycles. The molecule has 0 fully saturated rings.